The Morgan fingerprint density at radius 2 is 1.88 bits per heavy atom. The first-order valence-electron chi connectivity index (χ1n) is 8.61. The number of rotatable bonds is 4. The van der Waals surface area contributed by atoms with Gasteiger partial charge in [-0.3, -0.25) is 14.7 Å². The number of nitrogens with zero attached hydrogens (tertiary/aromatic N) is 3. The zero-order chi connectivity index (χ0) is 16.9. The van der Waals surface area contributed by atoms with Gasteiger partial charge in [0.05, 0.1) is 6.04 Å². The van der Waals surface area contributed by atoms with Crippen molar-refractivity contribution in [3.05, 3.63) is 30.1 Å². The van der Waals surface area contributed by atoms with Crippen LogP contribution in [0, 0.1) is 5.82 Å². The second-order valence-electron chi connectivity index (χ2n) is 6.45. The summed E-state index contributed by atoms with van der Waals surface area (Å²) in [5.41, 5.74) is 0.708. The average molecular weight is 349 g/mol. The Kier molecular flexibility index (Phi) is 5.76. The topological polar surface area (TPSA) is 35.9 Å². The Bertz CT molecular complexity index is 584. The van der Waals surface area contributed by atoms with Crippen LogP contribution in [0.4, 0.5) is 10.1 Å². The van der Waals surface area contributed by atoms with Gasteiger partial charge in [-0.25, -0.2) is 4.39 Å². The molecule has 1 aromatic rings. The third-order valence-electron chi connectivity index (χ3n) is 4.79. The number of amidine groups is 1. The van der Waals surface area contributed by atoms with Gasteiger partial charge in [0.25, 0.3) is 0 Å². The van der Waals surface area contributed by atoms with Gasteiger partial charge in [-0.2, -0.15) is 0 Å². The number of benzene rings is 1. The highest BCUT2D eigenvalue weighted by atomic mass is 32.2. The van der Waals surface area contributed by atoms with Crippen molar-refractivity contribution < 1.29 is 9.18 Å². The van der Waals surface area contributed by atoms with Crippen LogP contribution in [0.5, 0.6) is 0 Å². The zero-order valence-corrected chi connectivity index (χ0v) is 14.8. The van der Waals surface area contributed by atoms with E-state index in [0.29, 0.717) is 11.7 Å². The number of carbonyl (C=O) groups excluding carboxylic acids is 1. The fraction of sp³-hybridized carbons (Fsp3) is 0.556. The summed E-state index contributed by atoms with van der Waals surface area (Å²) >= 11 is 1.70. The predicted octanol–water partition coefficient (Wildman–Crippen LogP) is 3.87. The fourth-order valence-electron chi connectivity index (χ4n) is 3.34. The molecular weight excluding hydrogens is 325 g/mol. The maximum absolute atomic E-state index is 13.1. The molecule has 24 heavy (non-hydrogen) atoms. The van der Waals surface area contributed by atoms with E-state index in [1.807, 2.05) is 7.05 Å². The molecule has 130 valence electrons. The first kappa shape index (κ1) is 17.3. The maximum Gasteiger partial charge on any atom is 0.215 e. The Hall–Kier alpha value is -1.56. The summed E-state index contributed by atoms with van der Waals surface area (Å²) in [4.78, 5) is 20.3. The highest BCUT2D eigenvalue weighted by Crippen LogP contribution is 2.30. The molecule has 1 saturated heterocycles. The van der Waals surface area contributed by atoms with Crippen LogP contribution in [0.15, 0.2) is 29.3 Å². The van der Waals surface area contributed by atoms with Crippen molar-refractivity contribution in [1.29, 1.82) is 0 Å². The standard InChI is InChI=1S/C18H24FN3OS/c1-21-17(22(13-23)16-10-8-14(19)9-11-16)12-24-18(21)20-15-6-4-2-3-5-7-15/h8-11,13,15,17H,2-7,12H2,1H3. The Morgan fingerprint density at radius 1 is 1.21 bits per heavy atom. The van der Waals surface area contributed by atoms with Crippen molar-refractivity contribution >= 4 is 29.0 Å². The number of anilines is 1. The summed E-state index contributed by atoms with van der Waals surface area (Å²) in [5, 5.41) is 1.01. The monoisotopic (exact) mass is 349 g/mol. The van der Waals surface area contributed by atoms with E-state index in [2.05, 4.69) is 4.90 Å². The maximum atomic E-state index is 13.1. The molecule has 0 radical (unpaired) electrons. The summed E-state index contributed by atoms with van der Waals surface area (Å²) in [6.07, 6.45) is 8.22. The number of hydrogen-bond acceptors (Lipinski definition) is 3. The highest BCUT2D eigenvalue weighted by Gasteiger charge is 2.32. The van der Waals surface area contributed by atoms with Crippen LogP contribution in [-0.4, -0.2) is 41.5 Å². The summed E-state index contributed by atoms with van der Waals surface area (Å²) in [6.45, 7) is 0. The normalized spacial score (nSPS) is 24.2. The van der Waals surface area contributed by atoms with E-state index in [-0.39, 0.29) is 12.0 Å². The molecule has 1 saturated carbocycles. The molecular formula is C18H24FN3OS. The van der Waals surface area contributed by atoms with E-state index in [1.165, 1.54) is 37.8 Å². The molecule has 0 bridgehead atoms. The van der Waals surface area contributed by atoms with Crippen LogP contribution < -0.4 is 4.90 Å². The van der Waals surface area contributed by atoms with Crippen molar-refractivity contribution in [3.8, 4) is 0 Å². The average Bonchev–Trinajstić information content (AvgIpc) is 2.79. The van der Waals surface area contributed by atoms with Crippen molar-refractivity contribution in [2.45, 2.75) is 50.7 Å². The largest absolute Gasteiger partial charge is 0.333 e. The van der Waals surface area contributed by atoms with Gasteiger partial charge in [-0.1, -0.05) is 37.4 Å². The molecule has 0 N–H and O–H groups in total. The molecule has 2 aliphatic rings. The first-order valence-corrected chi connectivity index (χ1v) is 9.60. The van der Waals surface area contributed by atoms with E-state index in [9.17, 15) is 9.18 Å². The van der Waals surface area contributed by atoms with Crippen molar-refractivity contribution in [3.63, 3.8) is 0 Å². The zero-order valence-electron chi connectivity index (χ0n) is 14.0. The van der Waals surface area contributed by atoms with Gasteiger partial charge in [0.1, 0.15) is 12.0 Å². The quantitative estimate of drug-likeness (QED) is 0.611. The predicted molar refractivity (Wildman–Crippen MR) is 97.9 cm³/mol. The summed E-state index contributed by atoms with van der Waals surface area (Å²) < 4.78 is 13.1. The minimum Gasteiger partial charge on any atom is -0.333 e. The smallest absolute Gasteiger partial charge is 0.215 e. The summed E-state index contributed by atoms with van der Waals surface area (Å²) in [7, 11) is 1.99. The molecule has 1 aliphatic heterocycles. The van der Waals surface area contributed by atoms with E-state index in [0.717, 1.165) is 30.2 Å². The fourth-order valence-corrected chi connectivity index (χ4v) is 4.58. The molecule has 0 spiro atoms. The van der Waals surface area contributed by atoms with Crippen LogP contribution in [0.3, 0.4) is 0 Å². The SMILES string of the molecule is CN1C(=NC2CCCCCC2)SCC1N(C=O)c1ccc(F)cc1. The lowest BCUT2D eigenvalue weighted by Gasteiger charge is -2.30. The van der Waals surface area contributed by atoms with Gasteiger partial charge in [-0.05, 0) is 37.1 Å². The van der Waals surface area contributed by atoms with Gasteiger partial charge in [0, 0.05) is 18.5 Å². The molecule has 1 aliphatic carbocycles. The lowest BCUT2D eigenvalue weighted by Crippen LogP contribution is -2.45. The van der Waals surface area contributed by atoms with Gasteiger partial charge in [0.15, 0.2) is 5.17 Å². The van der Waals surface area contributed by atoms with Gasteiger partial charge in [0.2, 0.25) is 6.41 Å². The lowest BCUT2D eigenvalue weighted by atomic mass is 10.1. The second kappa shape index (κ2) is 8.01. The van der Waals surface area contributed by atoms with E-state index in [4.69, 9.17) is 4.99 Å². The summed E-state index contributed by atoms with van der Waals surface area (Å²) in [6, 6.07) is 6.46. The first-order chi connectivity index (χ1) is 11.7. The third kappa shape index (κ3) is 3.91. The molecule has 1 amide bonds. The number of carbonyl (C=O) groups is 1. The number of halogens is 1. The third-order valence-corrected chi connectivity index (χ3v) is 5.90. The molecule has 1 atom stereocenters. The van der Waals surface area contributed by atoms with Gasteiger partial charge in [-0.15, -0.1) is 0 Å². The summed E-state index contributed by atoms with van der Waals surface area (Å²) in [5.74, 6) is 0.479. The second-order valence-corrected chi connectivity index (χ2v) is 7.44. The number of aliphatic imine (C=N–C) groups is 1. The molecule has 1 aromatic carbocycles. The highest BCUT2D eigenvalue weighted by molar-refractivity contribution is 8.14. The van der Waals surface area contributed by atoms with Crippen LogP contribution in [0.25, 0.3) is 0 Å². The molecule has 3 rings (SSSR count). The minimum atomic E-state index is -0.297. The molecule has 1 heterocycles. The minimum absolute atomic E-state index is 0.0810. The Balaban J connectivity index is 1.73. The van der Waals surface area contributed by atoms with Crippen LogP contribution in [-0.2, 0) is 4.79 Å². The Labute approximate surface area is 147 Å². The Morgan fingerprint density at radius 3 is 2.50 bits per heavy atom. The molecule has 0 aromatic heterocycles. The van der Waals surface area contributed by atoms with Crippen molar-refractivity contribution in [1.82, 2.24) is 4.90 Å². The van der Waals surface area contributed by atoms with Crippen LogP contribution >= 0.6 is 11.8 Å². The van der Waals surface area contributed by atoms with E-state index < -0.39 is 0 Å². The number of amides is 1. The molecule has 4 nitrogen and oxygen atoms in total. The number of hydrogen-bond donors (Lipinski definition) is 0. The molecule has 1 unspecified atom stereocenters. The van der Waals surface area contributed by atoms with E-state index in [1.54, 1.807) is 28.8 Å². The van der Waals surface area contributed by atoms with Crippen LogP contribution in [0.2, 0.25) is 0 Å². The van der Waals surface area contributed by atoms with Crippen molar-refractivity contribution in [2.24, 2.45) is 4.99 Å². The van der Waals surface area contributed by atoms with Crippen LogP contribution in [0.1, 0.15) is 38.5 Å². The molecule has 6 heteroatoms. The van der Waals surface area contributed by atoms with E-state index >= 15 is 0 Å². The van der Waals surface area contributed by atoms with Crippen molar-refractivity contribution in [2.75, 3.05) is 17.7 Å². The number of thioether (sulfide) groups is 1. The van der Waals surface area contributed by atoms with Gasteiger partial charge < -0.3 is 4.90 Å². The lowest BCUT2D eigenvalue weighted by molar-refractivity contribution is -0.108. The molecule has 2 fully saturated rings. The van der Waals surface area contributed by atoms with Gasteiger partial charge >= 0.3 is 0 Å².